The molecule has 1 atom stereocenters. The number of amides is 2. The van der Waals surface area contributed by atoms with Crippen LogP contribution in [-0.2, 0) is 26.2 Å². The molecule has 7 nitrogen and oxygen atoms in total. The Hall–Kier alpha value is -1.81. The highest BCUT2D eigenvalue weighted by Crippen LogP contribution is 2.25. The third-order valence-electron chi connectivity index (χ3n) is 4.93. The lowest BCUT2D eigenvalue weighted by atomic mass is 10.1. The van der Waals surface area contributed by atoms with Gasteiger partial charge in [0.05, 0.1) is 22.0 Å². The van der Waals surface area contributed by atoms with Gasteiger partial charge in [-0.2, -0.15) is 0 Å². The number of hydrogen-bond donors (Lipinski definition) is 1. The van der Waals surface area contributed by atoms with Crippen molar-refractivity contribution in [1.29, 1.82) is 0 Å². The van der Waals surface area contributed by atoms with Crippen molar-refractivity contribution < 1.29 is 18.0 Å². The number of anilines is 1. The van der Waals surface area contributed by atoms with Crippen LogP contribution in [0.1, 0.15) is 32.8 Å². The standard InChI is InChI=1S/C23H28BrCl2N3O4S/c1-5-21(23(31)27-15(2)3)28(13-16-9-10-19(25)20(26)11-16)22(30)14-29(34(4,32)33)18-8-6-7-17(24)12-18/h6-12,15,21H,5,13-14H2,1-4H3,(H,27,31)/t21-/m0/s1. The minimum atomic E-state index is -3.79. The van der Waals surface area contributed by atoms with Gasteiger partial charge in [-0.25, -0.2) is 8.42 Å². The summed E-state index contributed by atoms with van der Waals surface area (Å²) in [5.41, 5.74) is 0.992. The zero-order valence-corrected chi connectivity index (χ0v) is 23.3. The van der Waals surface area contributed by atoms with Gasteiger partial charge < -0.3 is 10.2 Å². The Kier molecular flexibility index (Phi) is 10.2. The molecule has 0 radical (unpaired) electrons. The summed E-state index contributed by atoms with van der Waals surface area (Å²) >= 11 is 15.5. The monoisotopic (exact) mass is 591 g/mol. The minimum Gasteiger partial charge on any atom is -0.352 e. The maximum atomic E-state index is 13.6. The average molecular weight is 593 g/mol. The zero-order chi connectivity index (χ0) is 25.6. The first-order valence-corrected chi connectivity index (χ1v) is 14.0. The quantitative estimate of drug-likeness (QED) is 0.427. The third-order valence-corrected chi connectivity index (χ3v) is 7.30. The fourth-order valence-corrected chi connectivity index (χ4v) is 4.93. The van der Waals surface area contributed by atoms with Gasteiger partial charge in [0.15, 0.2) is 0 Å². The highest BCUT2D eigenvalue weighted by atomic mass is 79.9. The molecule has 2 aromatic rings. The van der Waals surface area contributed by atoms with Crippen LogP contribution < -0.4 is 9.62 Å². The van der Waals surface area contributed by atoms with Crippen molar-refractivity contribution in [3.05, 3.63) is 62.5 Å². The number of carbonyl (C=O) groups excluding carboxylic acids is 2. The SMILES string of the molecule is CC[C@@H](C(=O)NC(C)C)N(Cc1ccc(Cl)c(Cl)c1)C(=O)CN(c1cccc(Br)c1)S(C)(=O)=O. The maximum absolute atomic E-state index is 13.6. The Bertz CT molecular complexity index is 1140. The predicted molar refractivity (Wildman–Crippen MR) is 141 cm³/mol. The molecule has 0 aliphatic rings. The van der Waals surface area contributed by atoms with Gasteiger partial charge in [-0.05, 0) is 56.2 Å². The summed E-state index contributed by atoms with van der Waals surface area (Å²) in [7, 11) is -3.79. The lowest BCUT2D eigenvalue weighted by Crippen LogP contribution is -2.53. The van der Waals surface area contributed by atoms with Crippen molar-refractivity contribution in [2.45, 2.75) is 45.8 Å². The third kappa shape index (κ3) is 7.86. The summed E-state index contributed by atoms with van der Waals surface area (Å²) in [6.07, 6.45) is 1.37. The number of halogens is 3. The van der Waals surface area contributed by atoms with Crippen molar-refractivity contribution in [1.82, 2.24) is 10.2 Å². The van der Waals surface area contributed by atoms with Crippen LogP contribution in [0.2, 0.25) is 10.0 Å². The van der Waals surface area contributed by atoms with Crippen molar-refractivity contribution in [3.63, 3.8) is 0 Å². The van der Waals surface area contributed by atoms with Crippen LogP contribution in [-0.4, -0.2) is 50.0 Å². The van der Waals surface area contributed by atoms with Crippen molar-refractivity contribution in [2.24, 2.45) is 0 Å². The summed E-state index contributed by atoms with van der Waals surface area (Å²) in [5, 5.41) is 3.52. The van der Waals surface area contributed by atoms with E-state index in [1.54, 1.807) is 49.4 Å². The van der Waals surface area contributed by atoms with Crippen molar-refractivity contribution in [3.8, 4) is 0 Å². The number of sulfonamides is 1. The van der Waals surface area contributed by atoms with Crippen LogP contribution in [0.25, 0.3) is 0 Å². The van der Waals surface area contributed by atoms with E-state index in [0.717, 1.165) is 10.6 Å². The second kappa shape index (κ2) is 12.2. The highest BCUT2D eigenvalue weighted by molar-refractivity contribution is 9.10. The van der Waals surface area contributed by atoms with Gasteiger partial charge in [0, 0.05) is 17.1 Å². The van der Waals surface area contributed by atoms with Crippen LogP contribution in [0.15, 0.2) is 46.9 Å². The highest BCUT2D eigenvalue weighted by Gasteiger charge is 2.32. The Morgan fingerprint density at radius 1 is 1.09 bits per heavy atom. The van der Waals surface area contributed by atoms with Gasteiger partial charge in [-0.15, -0.1) is 0 Å². The molecule has 0 bridgehead atoms. The molecule has 186 valence electrons. The lowest BCUT2D eigenvalue weighted by Gasteiger charge is -2.33. The second-order valence-corrected chi connectivity index (χ2v) is 11.7. The van der Waals surface area contributed by atoms with E-state index in [1.165, 1.54) is 4.90 Å². The van der Waals surface area contributed by atoms with Crippen LogP contribution >= 0.6 is 39.1 Å². The molecule has 2 rings (SSSR count). The predicted octanol–water partition coefficient (Wildman–Crippen LogP) is 4.85. The van der Waals surface area contributed by atoms with Crippen molar-refractivity contribution >= 4 is 66.7 Å². The summed E-state index contributed by atoms with van der Waals surface area (Å²) < 4.78 is 26.9. The Morgan fingerprint density at radius 3 is 2.29 bits per heavy atom. The van der Waals surface area contributed by atoms with Gasteiger partial charge in [-0.3, -0.25) is 13.9 Å². The van der Waals surface area contributed by atoms with Crippen LogP contribution in [0.5, 0.6) is 0 Å². The number of carbonyl (C=O) groups is 2. The van der Waals surface area contributed by atoms with E-state index in [4.69, 9.17) is 23.2 Å². The number of nitrogens with zero attached hydrogens (tertiary/aromatic N) is 2. The molecule has 11 heteroatoms. The molecular formula is C23H28BrCl2N3O4S. The van der Waals surface area contributed by atoms with Gasteiger partial charge in [0.1, 0.15) is 12.6 Å². The van der Waals surface area contributed by atoms with E-state index in [9.17, 15) is 18.0 Å². The molecule has 0 heterocycles. The molecule has 2 amide bonds. The molecule has 2 aromatic carbocycles. The first-order chi connectivity index (χ1) is 15.8. The summed E-state index contributed by atoms with van der Waals surface area (Å²) in [6.45, 7) is 5.03. The lowest BCUT2D eigenvalue weighted by molar-refractivity contribution is -0.140. The van der Waals surface area contributed by atoms with Crippen LogP contribution in [0, 0.1) is 0 Å². The molecular weight excluding hydrogens is 565 g/mol. The topological polar surface area (TPSA) is 86.8 Å². The van der Waals surface area contributed by atoms with Crippen LogP contribution in [0.3, 0.4) is 0 Å². The largest absolute Gasteiger partial charge is 0.352 e. The van der Waals surface area contributed by atoms with E-state index in [0.29, 0.717) is 32.2 Å². The van der Waals surface area contributed by atoms with E-state index < -0.39 is 28.5 Å². The van der Waals surface area contributed by atoms with Gasteiger partial charge in [0.2, 0.25) is 21.8 Å². The minimum absolute atomic E-state index is 0.0514. The number of rotatable bonds is 10. The van der Waals surface area contributed by atoms with E-state index in [2.05, 4.69) is 21.2 Å². The number of hydrogen-bond acceptors (Lipinski definition) is 4. The van der Waals surface area contributed by atoms with Gasteiger partial charge in [-0.1, -0.05) is 58.2 Å². The molecule has 0 fully saturated rings. The first kappa shape index (κ1) is 28.4. The molecule has 0 aromatic heterocycles. The van der Waals surface area contributed by atoms with Crippen molar-refractivity contribution in [2.75, 3.05) is 17.1 Å². The fraction of sp³-hybridized carbons (Fsp3) is 0.391. The molecule has 0 unspecified atom stereocenters. The number of benzene rings is 2. The Labute approximate surface area is 219 Å². The smallest absolute Gasteiger partial charge is 0.244 e. The van der Waals surface area contributed by atoms with Gasteiger partial charge >= 0.3 is 0 Å². The normalized spacial score (nSPS) is 12.4. The van der Waals surface area contributed by atoms with E-state index in [-0.39, 0.29) is 18.5 Å². The number of nitrogens with one attached hydrogen (secondary N) is 1. The zero-order valence-electron chi connectivity index (χ0n) is 19.4. The summed E-state index contributed by atoms with van der Waals surface area (Å²) in [4.78, 5) is 27.9. The molecule has 34 heavy (non-hydrogen) atoms. The van der Waals surface area contributed by atoms with E-state index >= 15 is 0 Å². The molecule has 1 N–H and O–H groups in total. The van der Waals surface area contributed by atoms with Gasteiger partial charge in [0.25, 0.3) is 0 Å². The fourth-order valence-electron chi connectivity index (χ4n) is 3.38. The first-order valence-electron chi connectivity index (χ1n) is 10.6. The molecule has 0 spiro atoms. The second-order valence-electron chi connectivity index (χ2n) is 8.11. The Balaban J connectivity index is 2.46. The molecule has 0 aliphatic carbocycles. The molecule has 0 saturated heterocycles. The average Bonchev–Trinajstić information content (AvgIpc) is 2.72. The van der Waals surface area contributed by atoms with E-state index in [1.807, 2.05) is 13.8 Å². The summed E-state index contributed by atoms with van der Waals surface area (Å²) in [6, 6.07) is 10.7. The van der Waals surface area contributed by atoms with Crippen LogP contribution in [0.4, 0.5) is 5.69 Å². The Morgan fingerprint density at radius 2 is 1.76 bits per heavy atom. The summed E-state index contributed by atoms with van der Waals surface area (Å²) in [5.74, 6) is -0.846. The molecule has 0 saturated carbocycles. The maximum Gasteiger partial charge on any atom is 0.244 e. The molecule has 0 aliphatic heterocycles.